The average Bonchev–Trinajstić information content (AvgIpc) is 3.03. The van der Waals surface area contributed by atoms with Crippen LogP contribution < -0.4 is 5.32 Å². The second-order valence-electron chi connectivity index (χ2n) is 6.50. The number of nitrogens with zero attached hydrogens (tertiary/aromatic N) is 3. The van der Waals surface area contributed by atoms with Crippen LogP contribution >= 0.6 is 0 Å². The summed E-state index contributed by atoms with van der Waals surface area (Å²) >= 11 is 0. The van der Waals surface area contributed by atoms with Gasteiger partial charge in [0.1, 0.15) is 12.1 Å². The van der Waals surface area contributed by atoms with Crippen molar-refractivity contribution in [1.29, 1.82) is 0 Å². The monoisotopic (exact) mass is 338 g/mol. The molecule has 0 saturated heterocycles. The molecule has 0 bridgehead atoms. The molecule has 0 fully saturated rings. The van der Waals surface area contributed by atoms with Crippen molar-refractivity contribution < 1.29 is 9.90 Å². The molecule has 0 aliphatic heterocycles. The van der Waals surface area contributed by atoms with Gasteiger partial charge in [-0.25, -0.2) is 9.97 Å². The molecule has 130 valence electrons. The predicted molar refractivity (Wildman–Crippen MR) is 96.7 cm³/mol. The Bertz CT molecular complexity index is 855. The zero-order chi connectivity index (χ0) is 17.8. The van der Waals surface area contributed by atoms with Crippen molar-refractivity contribution in [2.45, 2.75) is 26.4 Å². The van der Waals surface area contributed by atoms with E-state index in [0.717, 1.165) is 11.0 Å². The fourth-order valence-electron chi connectivity index (χ4n) is 2.74. The quantitative estimate of drug-likeness (QED) is 0.724. The Kier molecular flexibility index (Phi) is 5.09. The summed E-state index contributed by atoms with van der Waals surface area (Å²) in [6.45, 7) is 4.31. The lowest BCUT2D eigenvalue weighted by Crippen LogP contribution is -2.32. The summed E-state index contributed by atoms with van der Waals surface area (Å²) in [6.07, 6.45) is 3.38. The number of fused-ring (bicyclic) bond motifs is 1. The number of hydrogen-bond acceptors (Lipinski definition) is 4. The van der Waals surface area contributed by atoms with Crippen LogP contribution in [0.1, 0.15) is 30.6 Å². The van der Waals surface area contributed by atoms with E-state index in [1.54, 1.807) is 18.5 Å². The maximum Gasteiger partial charge on any atom is 0.252 e. The maximum absolute atomic E-state index is 12.2. The number of imidazole rings is 1. The molecular weight excluding hydrogens is 316 g/mol. The number of nitrogens with one attached hydrogen (secondary N) is 1. The van der Waals surface area contributed by atoms with Gasteiger partial charge in [0.25, 0.3) is 5.91 Å². The van der Waals surface area contributed by atoms with Crippen LogP contribution in [0.15, 0.2) is 48.9 Å². The van der Waals surface area contributed by atoms with Crippen LogP contribution in [0, 0.1) is 5.92 Å². The SMILES string of the molecule is CC(C)CC(O)CNC(=O)c1ccc(-n2cnc3ccccc32)nc1. The van der Waals surface area contributed by atoms with Gasteiger partial charge in [0, 0.05) is 12.7 Å². The number of amides is 1. The maximum atomic E-state index is 12.2. The molecule has 1 aromatic carbocycles. The first-order valence-electron chi connectivity index (χ1n) is 8.39. The van der Waals surface area contributed by atoms with Gasteiger partial charge in [-0.1, -0.05) is 26.0 Å². The largest absolute Gasteiger partial charge is 0.391 e. The van der Waals surface area contributed by atoms with Gasteiger partial charge in [-0.15, -0.1) is 0 Å². The van der Waals surface area contributed by atoms with E-state index < -0.39 is 6.10 Å². The average molecular weight is 338 g/mol. The van der Waals surface area contributed by atoms with E-state index in [-0.39, 0.29) is 12.5 Å². The van der Waals surface area contributed by atoms with E-state index in [1.165, 1.54) is 6.20 Å². The van der Waals surface area contributed by atoms with Crippen LogP contribution in [-0.4, -0.2) is 38.2 Å². The number of para-hydroxylation sites is 2. The van der Waals surface area contributed by atoms with Gasteiger partial charge in [0.15, 0.2) is 0 Å². The first kappa shape index (κ1) is 17.1. The normalized spacial score (nSPS) is 12.5. The lowest BCUT2D eigenvalue weighted by molar-refractivity contribution is 0.0900. The van der Waals surface area contributed by atoms with Crippen LogP contribution in [0.2, 0.25) is 0 Å². The molecule has 0 spiro atoms. The molecule has 0 aliphatic rings. The van der Waals surface area contributed by atoms with Gasteiger partial charge in [0.05, 0.1) is 22.7 Å². The Morgan fingerprint density at radius 3 is 2.72 bits per heavy atom. The van der Waals surface area contributed by atoms with Crippen molar-refractivity contribution in [2.75, 3.05) is 6.54 Å². The lowest BCUT2D eigenvalue weighted by atomic mass is 10.1. The first-order valence-corrected chi connectivity index (χ1v) is 8.39. The number of hydrogen-bond donors (Lipinski definition) is 2. The third-order valence-corrected chi connectivity index (χ3v) is 3.95. The van der Waals surface area contributed by atoms with Crippen LogP contribution in [0.3, 0.4) is 0 Å². The summed E-state index contributed by atoms with van der Waals surface area (Å²) in [5.41, 5.74) is 2.32. The predicted octanol–water partition coefficient (Wildman–Crippen LogP) is 2.56. The smallest absolute Gasteiger partial charge is 0.252 e. The van der Waals surface area contributed by atoms with E-state index in [9.17, 15) is 9.90 Å². The minimum atomic E-state index is -0.534. The molecule has 1 amide bonds. The van der Waals surface area contributed by atoms with E-state index in [1.807, 2.05) is 42.7 Å². The van der Waals surface area contributed by atoms with E-state index >= 15 is 0 Å². The fourth-order valence-corrected chi connectivity index (χ4v) is 2.74. The van der Waals surface area contributed by atoms with Crippen LogP contribution in [-0.2, 0) is 0 Å². The van der Waals surface area contributed by atoms with E-state index in [2.05, 4.69) is 15.3 Å². The number of aromatic nitrogens is 3. The van der Waals surface area contributed by atoms with Gasteiger partial charge >= 0.3 is 0 Å². The molecule has 0 aliphatic carbocycles. The number of carbonyl (C=O) groups is 1. The third kappa shape index (κ3) is 4.03. The second kappa shape index (κ2) is 7.44. The summed E-state index contributed by atoms with van der Waals surface area (Å²) in [5, 5.41) is 12.6. The highest BCUT2D eigenvalue weighted by Crippen LogP contribution is 2.16. The van der Waals surface area contributed by atoms with Gasteiger partial charge in [-0.2, -0.15) is 0 Å². The number of pyridine rings is 1. The minimum Gasteiger partial charge on any atom is -0.391 e. The first-order chi connectivity index (χ1) is 12.0. The number of carbonyl (C=O) groups excluding carboxylic acids is 1. The van der Waals surface area contributed by atoms with Crippen molar-refractivity contribution in [3.63, 3.8) is 0 Å². The van der Waals surface area contributed by atoms with E-state index in [4.69, 9.17) is 0 Å². The van der Waals surface area contributed by atoms with Crippen LogP contribution in [0.5, 0.6) is 0 Å². The molecule has 1 atom stereocenters. The molecule has 0 saturated carbocycles. The molecule has 25 heavy (non-hydrogen) atoms. The Balaban J connectivity index is 1.69. The van der Waals surface area contributed by atoms with Gasteiger partial charge in [-0.3, -0.25) is 9.36 Å². The summed E-state index contributed by atoms with van der Waals surface area (Å²) < 4.78 is 1.88. The molecule has 6 heteroatoms. The Hall–Kier alpha value is -2.73. The molecular formula is C19H22N4O2. The van der Waals surface area contributed by atoms with Crippen molar-refractivity contribution in [2.24, 2.45) is 5.92 Å². The fraction of sp³-hybridized carbons (Fsp3) is 0.316. The summed E-state index contributed by atoms with van der Waals surface area (Å²) in [5.74, 6) is 0.847. The molecule has 3 rings (SSSR count). The minimum absolute atomic E-state index is 0.239. The number of aliphatic hydroxyl groups is 1. The van der Waals surface area contributed by atoms with Crippen molar-refractivity contribution in [3.8, 4) is 5.82 Å². The Labute approximate surface area is 146 Å². The summed E-state index contributed by atoms with van der Waals surface area (Å²) in [6, 6.07) is 11.3. The van der Waals surface area contributed by atoms with Crippen LogP contribution in [0.4, 0.5) is 0 Å². The molecule has 1 unspecified atom stereocenters. The standard InChI is InChI=1S/C19H22N4O2/c1-13(2)9-15(24)11-21-19(25)14-7-8-18(20-10-14)23-12-22-16-5-3-4-6-17(16)23/h3-8,10,12-13,15,24H,9,11H2,1-2H3,(H,21,25). The molecule has 2 heterocycles. The molecule has 3 aromatic rings. The van der Waals surface area contributed by atoms with Gasteiger partial charge in [0.2, 0.25) is 0 Å². The molecule has 0 radical (unpaired) electrons. The van der Waals surface area contributed by atoms with E-state index in [0.29, 0.717) is 23.7 Å². The van der Waals surface area contributed by atoms with Gasteiger partial charge < -0.3 is 10.4 Å². The highest BCUT2D eigenvalue weighted by molar-refractivity contribution is 5.94. The molecule has 2 aromatic heterocycles. The topological polar surface area (TPSA) is 80.0 Å². The zero-order valence-corrected chi connectivity index (χ0v) is 14.4. The van der Waals surface area contributed by atoms with Crippen molar-refractivity contribution in [3.05, 3.63) is 54.5 Å². The lowest BCUT2D eigenvalue weighted by Gasteiger charge is -2.13. The van der Waals surface area contributed by atoms with Crippen LogP contribution in [0.25, 0.3) is 16.9 Å². The molecule has 6 nitrogen and oxygen atoms in total. The number of aliphatic hydroxyl groups excluding tert-OH is 1. The Morgan fingerprint density at radius 2 is 2.00 bits per heavy atom. The third-order valence-electron chi connectivity index (χ3n) is 3.95. The van der Waals surface area contributed by atoms with Crippen molar-refractivity contribution in [1.82, 2.24) is 19.9 Å². The van der Waals surface area contributed by atoms with Crippen molar-refractivity contribution >= 4 is 16.9 Å². The summed E-state index contributed by atoms with van der Waals surface area (Å²) in [4.78, 5) is 20.9. The zero-order valence-electron chi connectivity index (χ0n) is 14.4. The number of benzene rings is 1. The van der Waals surface area contributed by atoms with Gasteiger partial charge in [-0.05, 0) is 36.6 Å². The highest BCUT2D eigenvalue weighted by atomic mass is 16.3. The molecule has 2 N–H and O–H groups in total. The summed E-state index contributed by atoms with van der Waals surface area (Å²) in [7, 11) is 0. The number of rotatable bonds is 6. The second-order valence-corrected chi connectivity index (χ2v) is 6.50. The highest BCUT2D eigenvalue weighted by Gasteiger charge is 2.11. The Morgan fingerprint density at radius 1 is 1.20 bits per heavy atom.